The number of fused-ring (bicyclic) bond motifs is 1. The Morgan fingerprint density at radius 2 is 1.66 bits per heavy atom. The number of amides is 1. The van der Waals surface area contributed by atoms with Gasteiger partial charge < -0.3 is 25.8 Å². The minimum absolute atomic E-state index is 0.0284. The maximum absolute atomic E-state index is 12.3. The summed E-state index contributed by atoms with van der Waals surface area (Å²) in [5, 5.41) is 27.8. The van der Waals surface area contributed by atoms with Gasteiger partial charge in [-0.2, -0.15) is 0 Å². The zero-order valence-electron chi connectivity index (χ0n) is 21.6. The number of hydrogen-bond donors (Lipinski definition) is 5. The first-order valence-electron chi connectivity index (χ1n) is 13.0. The summed E-state index contributed by atoms with van der Waals surface area (Å²) in [7, 11) is 0. The van der Waals surface area contributed by atoms with Crippen molar-refractivity contribution in [3.05, 3.63) is 111 Å². The summed E-state index contributed by atoms with van der Waals surface area (Å²) >= 11 is 0. The number of H-pyrrole nitrogens is 1. The van der Waals surface area contributed by atoms with Crippen LogP contribution < -0.4 is 16.2 Å². The first kappa shape index (κ1) is 27.1. The smallest absolute Gasteiger partial charge is 0.248 e. The van der Waals surface area contributed by atoms with E-state index in [1.54, 1.807) is 12.1 Å². The molecule has 2 atom stereocenters. The quantitative estimate of drug-likeness (QED) is 0.185. The monoisotopic (exact) mass is 513 g/mol. The van der Waals surface area contributed by atoms with Crippen LogP contribution in [-0.4, -0.2) is 40.2 Å². The van der Waals surface area contributed by atoms with Gasteiger partial charge in [0.25, 0.3) is 0 Å². The molecule has 0 saturated heterocycles. The third-order valence-electron chi connectivity index (χ3n) is 6.66. The number of rotatable bonds is 12. The fourth-order valence-electron chi connectivity index (χ4n) is 4.60. The molecule has 38 heavy (non-hydrogen) atoms. The third kappa shape index (κ3) is 7.54. The van der Waals surface area contributed by atoms with E-state index >= 15 is 0 Å². The van der Waals surface area contributed by atoms with Crippen molar-refractivity contribution in [2.45, 2.75) is 44.8 Å². The second-order valence-corrected chi connectivity index (χ2v) is 9.75. The number of aryl methyl sites for hydroxylation is 1. The number of aromatic hydroxyl groups is 1. The van der Waals surface area contributed by atoms with Crippen LogP contribution in [0.3, 0.4) is 0 Å². The SMILES string of the molecule is CC(Cc1ccc(CC(=O)NCCCc2ccccc2)cc1)NC[C@H](O)c1ccc(O)c2[nH]c(=O)ccc12. The number of aliphatic hydroxyl groups excluding tert-OH is 1. The van der Waals surface area contributed by atoms with E-state index in [-0.39, 0.29) is 23.3 Å². The minimum Gasteiger partial charge on any atom is -0.506 e. The Morgan fingerprint density at radius 1 is 0.921 bits per heavy atom. The minimum atomic E-state index is -0.806. The Hall–Kier alpha value is -3.94. The summed E-state index contributed by atoms with van der Waals surface area (Å²) < 4.78 is 0. The van der Waals surface area contributed by atoms with E-state index in [2.05, 4.69) is 34.7 Å². The van der Waals surface area contributed by atoms with Gasteiger partial charge in [0.2, 0.25) is 11.5 Å². The lowest BCUT2D eigenvalue weighted by Gasteiger charge is -2.19. The summed E-state index contributed by atoms with van der Waals surface area (Å²) in [6.45, 7) is 3.04. The molecule has 0 aliphatic rings. The lowest BCUT2D eigenvalue weighted by atomic mass is 10.0. The van der Waals surface area contributed by atoms with E-state index in [0.717, 1.165) is 30.4 Å². The van der Waals surface area contributed by atoms with Gasteiger partial charge in [-0.15, -0.1) is 0 Å². The average molecular weight is 514 g/mol. The molecule has 0 saturated carbocycles. The van der Waals surface area contributed by atoms with Crippen molar-refractivity contribution in [1.82, 2.24) is 15.6 Å². The van der Waals surface area contributed by atoms with Crippen LogP contribution in [0, 0.1) is 0 Å². The summed E-state index contributed by atoms with van der Waals surface area (Å²) in [6, 6.07) is 24.6. The number of aromatic nitrogens is 1. The molecule has 4 aromatic rings. The van der Waals surface area contributed by atoms with Crippen LogP contribution in [0.5, 0.6) is 5.75 Å². The second-order valence-electron chi connectivity index (χ2n) is 9.75. The van der Waals surface area contributed by atoms with Crippen LogP contribution in [0.25, 0.3) is 10.9 Å². The fraction of sp³-hybridized carbons (Fsp3) is 0.290. The van der Waals surface area contributed by atoms with Crippen LogP contribution in [0.15, 0.2) is 83.7 Å². The molecule has 7 nitrogen and oxygen atoms in total. The Kier molecular flexibility index (Phi) is 9.30. The van der Waals surface area contributed by atoms with Gasteiger partial charge in [0.1, 0.15) is 5.75 Å². The number of phenols is 1. The number of nitrogens with one attached hydrogen (secondary N) is 3. The highest BCUT2D eigenvalue weighted by molar-refractivity contribution is 5.87. The van der Waals surface area contributed by atoms with Gasteiger partial charge >= 0.3 is 0 Å². The number of phenolic OH excluding ortho intramolecular Hbond substituents is 1. The van der Waals surface area contributed by atoms with Gasteiger partial charge in [-0.1, -0.05) is 60.7 Å². The van der Waals surface area contributed by atoms with Crippen LogP contribution in [0.2, 0.25) is 0 Å². The molecule has 0 fully saturated rings. The van der Waals surface area contributed by atoms with E-state index in [0.29, 0.717) is 36.0 Å². The largest absolute Gasteiger partial charge is 0.506 e. The van der Waals surface area contributed by atoms with Gasteiger partial charge in [0.05, 0.1) is 18.0 Å². The van der Waals surface area contributed by atoms with Crippen molar-refractivity contribution >= 4 is 16.8 Å². The first-order chi connectivity index (χ1) is 18.4. The molecule has 0 bridgehead atoms. The molecule has 0 aliphatic carbocycles. The van der Waals surface area contributed by atoms with Crippen molar-refractivity contribution in [2.24, 2.45) is 0 Å². The van der Waals surface area contributed by atoms with Crippen molar-refractivity contribution in [1.29, 1.82) is 0 Å². The Morgan fingerprint density at radius 3 is 2.42 bits per heavy atom. The summed E-state index contributed by atoms with van der Waals surface area (Å²) in [5.74, 6) is -0.000344. The Bertz CT molecular complexity index is 1400. The van der Waals surface area contributed by atoms with Crippen molar-refractivity contribution in [2.75, 3.05) is 13.1 Å². The molecular formula is C31H35N3O4. The normalized spacial score (nSPS) is 12.8. The van der Waals surface area contributed by atoms with Gasteiger partial charge in [0, 0.05) is 30.6 Å². The van der Waals surface area contributed by atoms with Gasteiger partial charge in [-0.05, 0) is 60.6 Å². The number of aromatic amines is 1. The molecule has 5 N–H and O–H groups in total. The maximum Gasteiger partial charge on any atom is 0.248 e. The molecule has 1 aromatic heterocycles. The molecular weight excluding hydrogens is 478 g/mol. The molecule has 3 aromatic carbocycles. The van der Waals surface area contributed by atoms with Gasteiger partial charge in [-0.25, -0.2) is 0 Å². The highest BCUT2D eigenvalue weighted by atomic mass is 16.3. The van der Waals surface area contributed by atoms with Crippen LogP contribution >= 0.6 is 0 Å². The fourth-order valence-corrected chi connectivity index (χ4v) is 4.60. The van der Waals surface area contributed by atoms with Crippen molar-refractivity contribution in [3.8, 4) is 5.75 Å². The lowest BCUT2D eigenvalue weighted by Crippen LogP contribution is -2.32. The number of carbonyl (C=O) groups excluding carboxylic acids is 1. The number of benzene rings is 3. The first-order valence-corrected chi connectivity index (χ1v) is 13.0. The lowest BCUT2D eigenvalue weighted by molar-refractivity contribution is -0.120. The molecule has 0 radical (unpaired) electrons. The number of carbonyl (C=O) groups is 1. The molecule has 0 aliphatic heterocycles. The van der Waals surface area contributed by atoms with Crippen molar-refractivity contribution < 1.29 is 15.0 Å². The zero-order chi connectivity index (χ0) is 26.9. The molecule has 4 rings (SSSR count). The molecule has 7 heteroatoms. The maximum atomic E-state index is 12.3. The van der Waals surface area contributed by atoms with E-state index in [1.165, 1.54) is 17.7 Å². The Labute approximate surface area is 222 Å². The van der Waals surface area contributed by atoms with E-state index in [4.69, 9.17) is 0 Å². The highest BCUT2D eigenvalue weighted by Gasteiger charge is 2.15. The second kappa shape index (κ2) is 13.0. The molecule has 1 unspecified atom stereocenters. The van der Waals surface area contributed by atoms with Crippen LogP contribution in [-0.2, 0) is 24.1 Å². The van der Waals surface area contributed by atoms with Gasteiger partial charge in [-0.3, -0.25) is 9.59 Å². The molecule has 1 amide bonds. The standard InChI is InChI=1S/C31H35N3O4/c1-21(33-20-28(36)25-13-15-27(35)31-26(25)14-16-29(37)34-31)18-23-9-11-24(12-10-23)19-30(38)32-17-5-8-22-6-3-2-4-7-22/h2-4,6-7,9-16,21,28,33,35-36H,5,8,17-20H2,1H3,(H,32,38)(H,34,37)/t21?,28-/m0/s1. The number of hydrogen-bond acceptors (Lipinski definition) is 5. The molecule has 1 heterocycles. The van der Waals surface area contributed by atoms with Gasteiger partial charge in [0.15, 0.2) is 0 Å². The van der Waals surface area contributed by atoms with E-state index in [1.807, 2.05) is 42.5 Å². The average Bonchev–Trinajstić information content (AvgIpc) is 2.92. The van der Waals surface area contributed by atoms with Crippen LogP contribution in [0.4, 0.5) is 0 Å². The van der Waals surface area contributed by atoms with E-state index < -0.39 is 6.10 Å². The number of aliphatic hydroxyl groups is 1. The third-order valence-corrected chi connectivity index (χ3v) is 6.66. The number of pyridine rings is 1. The van der Waals surface area contributed by atoms with Crippen molar-refractivity contribution in [3.63, 3.8) is 0 Å². The predicted molar refractivity (Wildman–Crippen MR) is 150 cm³/mol. The topological polar surface area (TPSA) is 114 Å². The zero-order valence-corrected chi connectivity index (χ0v) is 21.6. The summed E-state index contributed by atoms with van der Waals surface area (Å²) in [5.41, 5.74) is 4.04. The molecule has 198 valence electrons. The highest BCUT2D eigenvalue weighted by Crippen LogP contribution is 2.28. The van der Waals surface area contributed by atoms with Crippen LogP contribution in [0.1, 0.15) is 41.7 Å². The van der Waals surface area contributed by atoms with E-state index in [9.17, 15) is 19.8 Å². The summed E-state index contributed by atoms with van der Waals surface area (Å²) in [4.78, 5) is 26.5. The predicted octanol–water partition coefficient (Wildman–Crippen LogP) is 3.78. The summed E-state index contributed by atoms with van der Waals surface area (Å²) in [6.07, 6.45) is 2.18. The molecule has 0 spiro atoms. The Balaban J connectivity index is 1.21.